The van der Waals surface area contributed by atoms with E-state index in [0.29, 0.717) is 11.4 Å². The van der Waals surface area contributed by atoms with E-state index in [9.17, 15) is 18.0 Å². The first kappa shape index (κ1) is 14.8. The fraction of sp³-hybridized carbons (Fsp3) is 0.143. The fourth-order valence-corrected chi connectivity index (χ4v) is 1.74. The molecule has 4 nitrogen and oxygen atoms in total. The maximum Gasteiger partial charge on any atom is 0.418 e. The van der Waals surface area contributed by atoms with Crippen molar-refractivity contribution in [3.05, 3.63) is 53.2 Å². The number of carbonyl (C=O) groups is 1. The number of benzene rings is 1. The number of nitrogen functional groups attached to an aromatic ring is 1. The summed E-state index contributed by atoms with van der Waals surface area (Å²) < 4.78 is 38.3. The van der Waals surface area contributed by atoms with Crippen molar-refractivity contribution in [2.45, 2.75) is 13.1 Å². The molecule has 110 valence electrons. The lowest BCUT2D eigenvalue weighted by molar-refractivity contribution is -0.136. The molecule has 0 radical (unpaired) electrons. The summed E-state index contributed by atoms with van der Waals surface area (Å²) in [5, 5.41) is 2.47. The zero-order valence-electron chi connectivity index (χ0n) is 11.0. The number of nitrogens with zero attached hydrogens (tertiary/aromatic N) is 1. The maximum atomic E-state index is 12.8. The number of halogens is 3. The zero-order valence-corrected chi connectivity index (χ0v) is 11.0. The van der Waals surface area contributed by atoms with E-state index < -0.39 is 23.3 Å². The molecular weight excluding hydrogens is 283 g/mol. The van der Waals surface area contributed by atoms with Gasteiger partial charge in [0.1, 0.15) is 5.82 Å². The second-order valence-electron chi connectivity index (χ2n) is 4.42. The predicted octanol–water partition coefficient (Wildman–Crippen LogP) is 3.24. The van der Waals surface area contributed by atoms with Crippen LogP contribution in [0.1, 0.15) is 21.5 Å². The molecule has 0 aliphatic rings. The summed E-state index contributed by atoms with van der Waals surface area (Å²) in [6, 6.07) is 6.44. The molecule has 0 saturated heterocycles. The van der Waals surface area contributed by atoms with Gasteiger partial charge in [0.25, 0.3) is 5.91 Å². The van der Waals surface area contributed by atoms with Gasteiger partial charge in [-0.1, -0.05) is 6.07 Å². The monoisotopic (exact) mass is 295 g/mol. The molecule has 0 saturated carbocycles. The number of anilines is 2. The Bertz CT molecular complexity index is 683. The smallest absolute Gasteiger partial charge is 0.398 e. The van der Waals surface area contributed by atoms with Gasteiger partial charge in [-0.3, -0.25) is 4.79 Å². The highest BCUT2D eigenvalue weighted by Gasteiger charge is 2.33. The van der Waals surface area contributed by atoms with Gasteiger partial charge >= 0.3 is 6.18 Å². The number of pyridine rings is 1. The fourth-order valence-electron chi connectivity index (χ4n) is 1.74. The van der Waals surface area contributed by atoms with E-state index in [-0.39, 0.29) is 5.56 Å². The second-order valence-corrected chi connectivity index (χ2v) is 4.42. The molecule has 0 aliphatic heterocycles. The second kappa shape index (κ2) is 5.43. The summed E-state index contributed by atoms with van der Waals surface area (Å²) in [5.41, 5.74) is 4.40. The van der Waals surface area contributed by atoms with Crippen molar-refractivity contribution in [2.24, 2.45) is 0 Å². The molecule has 1 aromatic heterocycles. The molecule has 0 bridgehead atoms. The molecule has 21 heavy (non-hydrogen) atoms. The number of hydrogen-bond acceptors (Lipinski definition) is 3. The van der Waals surface area contributed by atoms with Gasteiger partial charge in [0.2, 0.25) is 0 Å². The van der Waals surface area contributed by atoms with Crippen LogP contribution in [0.2, 0.25) is 0 Å². The van der Waals surface area contributed by atoms with Gasteiger partial charge < -0.3 is 11.1 Å². The van der Waals surface area contributed by atoms with Crippen molar-refractivity contribution < 1.29 is 18.0 Å². The van der Waals surface area contributed by atoms with E-state index in [1.807, 2.05) is 0 Å². The van der Waals surface area contributed by atoms with E-state index in [0.717, 1.165) is 12.1 Å². The van der Waals surface area contributed by atoms with Crippen LogP contribution in [-0.4, -0.2) is 10.9 Å². The van der Waals surface area contributed by atoms with Crippen LogP contribution in [0.4, 0.5) is 24.7 Å². The van der Waals surface area contributed by atoms with Crippen LogP contribution >= 0.6 is 0 Å². The van der Waals surface area contributed by atoms with E-state index in [4.69, 9.17) is 5.73 Å². The lowest BCUT2D eigenvalue weighted by atomic mass is 10.1. The van der Waals surface area contributed by atoms with Crippen molar-refractivity contribution in [3.63, 3.8) is 0 Å². The first-order valence-electron chi connectivity index (χ1n) is 5.98. The number of carbonyl (C=O) groups excluding carboxylic acids is 1. The molecule has 1 aromatic carbocycles. The average molecular weight is 295 g/mol. The third-order valence-electron chi connectivity index (χ3n) is 2.86. The van der Waals surface area contributed by atoms with Gasteiger partial charge in [-0.05, 0) is 36.8 Å². The first-order valence-corrected chi connectivity index (χ1v) is 5.98. The largest absolute Gasteiger partial charge is 0.418 e. The maximum absolute atomic E-state index is 12.8. The SMILES string of the molecule is Cc1cccnc1NC(=O)c1ccc(N)c(C(F)(F)F)c1. The van der Waals surface area contributed by atoms with Gasteiger partial charge in [-0.25, -0.2) is 4.98 Å². The number of nitrogens with one attached hydrogen (secondary N) is 1. The Morgan fingerprint density at radius 3 is 2.62 bits per heavy atom. The minimum atomic E-state index is -4.61. The van der Waals surface area contributed by atoms with Crippen molar-refractivity contribution in [1.82, 2.24) is 4.98 Å². The Labute approximate surface area is 118 Å². The number of aryl methyl sites for hydroxylation is 1. The van der Waals surface area contributed by atoms with Crippen LogP contribution in [-0.2, 0) is 6.18 Å². The van der Waals surface area contributed by atoms with Gasteiger partial charge in [0, 0.05) is 17.4 Å². The number of aromatic nitrogens is 1. The van der Waals surface area contributed by atoms with E-state index in [1.165, 1.54) is 12.3 Å². The normalized spacial score (nSPS) is 11.2. The van der Waals surface area contributed by atoms with Gasteiger partial charge in [0.15, 0.2) is 0 Å². The summed E-state index contributed by atoms with van der Waals surface area (Å²) >= 11 is 0. The lowest BCUT2D eigenvalue weighted by Gasteiger charge is -2.12. The molecule has 0 fully saturated rings. The standard InChI is InChI=1S/C14H12F3N3O/c1-8-3-2-6-19-12(8)20-13(21)9-4-5-11(18)10(7-9)14(15,16)17/h2-7H,18H2,1H3,(H,19,20,21). The van der Waals surface area contributed by atoms with Crippen LogP contribution in [0.5, 0.6) is 0 Å². The van der Waals surface area contributed by atoms with E-state index in [1.54, 1.807) is 19.1 Å². The Morgan fingerprint density at radius 2 is 2.00 bits per heavy atom. The summed E-state index contributed by atoms with van der Waals surface area (Å²) in [6.45, 7) is 1.73. The molecule has 1 heterocycles. The van der Waals surface area contributed by atoms with Crippen molar-refractivity contribution in [1.29, 1.82) is 0 Å². The van der Waals surface area contributed by atoms with Gasteiger partial charge in [-0.15, -0.1) is 0 Å². The predicted molar refractivity (Wildman–Crippen MR) is 72.8 cm³/mol. The lowest BCUT2D eigenvalue weighted by Crippen LogP contribution is -2.16. The summed E-state index contributed by atoms with van der Waals surface area (Å²) in [4.78, 5) is 16.0. The number of hydrogen-bond donors (Lipinski definition) is 2. The Hall–Kier alpha value is -2.57. The molecule has 0 atom stereocenters. The Morgan fingerprint density at radius 1 is 1.29 bits per heavy atom. The van der Waals surface area contributed by atoms with Crippen LogP contribution < -0.4 is 11.1 Å². The molecule has 7 heteroatoms. The third-order valence-corrected chi connectivity index (χ3v) is 2.86. The van der Waals surface area contributed by atoms with Gasteiger partial charge in [-0.2, -0.15) is 13.2 Å². The molecule has 0 spiro atoms. The molecule has 1 amide bonds. The number of amides is 1. The number of rotatable bonds is 2. The molecule has 0 aliphatic carbocycles. The zero-order chi connectivity index (χ0) is 15.6. The van der Waals surface area contributed by atoms with Crippen LogP contribution in [0.3, 0.4) is 0 Å². The summed E-state index contributed by atoms with van der Waals surface area (Å²) in [7, 11) is 0. The molecule has 2 aromatic rings. The van der Waals surface area contributed by atoms with Crippen LogP contribution in [0, 0.1) is 6.92 Å². The van der Waals surface area contributed by atoms with Crippen LogP contribution in [0.25, 0.3) is 0 Å². The quantitative estimate of drug-likeness (QED) is 0.836. The third kappa shape index (κ3) is 3.31. The summed E-state index contributed by atoms with van der Waals surface area (Å²) in [5.74, 6) is -0.379. The van der Waals surface area contributed by atoms with Crippen LogP contribution in [0.15, 0.2) is 36.5 Å². The van der Waals surface area contributed by atoms with Crippen molar-refractivity contribution >= 4 is 17.4 Å². The molecular formula is C14H12F3N3O. The van der Waals surface area contributed by atoms with Crippen molar-refractivity contribution in [3.8, 4) is 0 Å². The molecule has 0 unspecified atom stereocenters. The molecule has 2 rings (SSSR count). The Kier molecular flexibility index (Phi) is 3.84. The highest BCUT2D eigenvalue weighted by Crippen LogP contribution is 2.34. The minimum Gasteiger partial charge on any atom is -0.398 e. The highest BCUT2D eigenvalue weighted by atomic mass is 19.4. The van der Waals surface area contributed by atoms with Gasteiger partial charge in [0.05, 0.1) is 5.56 Å². The Balaban J connectivity index is 2.31. The van der Waals surface area contributed by atoms with E-state index >= 15 is 0 Å². The minimum absolute atomic E-state index is 0.137. The number of alkyl halides is 3. The highest BCUT2D eigenvalue weighted by molar-refractivity contribution is 6.04. The topological polar surface area (TPSA) is 68.0 Å². The average Bonchev–Trinajstić information content (AvgIpc) is 2.40. The van der Waals surface area contributed by atoms with E-state index in [2.05, 4.69) is 10.3 Å². The number of nitrogens with two attached hydrogens (primary N) is 1. The summed E-state index contributed by atoms with van der Waals surface area (Å²) in [6.07, 6.45) is -3.13. The molecule has 3 N–H and O–H groups in total. The first-order chi connectivity index (χ1) is 9.79. The van der Waals surface area contributed by atoms with Crippen molar-refractivity contribution in [2.75, 3.05) is 11.1 Å².